The molecule has 1 spiro atoms. The van der Waals surface area contributed by atoms with Crippen LogP contribution in [-0.4, -0.2) is 17.4 Å². The lowest BCUT2D eigenvalue weighted by atomic mass is 9.47. The van der Waals surface area contributed by atoms with E-state index in [-0.39, 0.29) is 17.0 Å². The van der Waals surface area contributed by atoms with Crippen molar-refractivity contribution in [3.05, 3.63) is 23.8 Å². The Kier molecular flexibility index (Phi) is 2.84. The van der Waals surface area contributed by atoms with E-state index in [1.54, 1.807) is 6.08 Å². The lowest BCUT2D eigenvalue weighted by molar-refractivity contribution is -0.169. The molecule has 0 N–H and O–H groups in total. The molecule has 0 radical (unpaired) electrons. The van der Waals surface area contributed by atoms with Crippen LogP contribution in [0.4, 0.5) is 0 Å². The maximum atomic E-state index is 12.0. The van der Waals surface area contributed by atoms with E-state index in [0.717, 1.165) is 43.4 Å². The first-order valence-corrected chi connectivity index (χ1v) is 10.6. The second kappa shape index (κ2) is 4.72. The summed E-state index contributed by atoms with van der Waals surface area (Å²) in [5.74, 6) is 4.90. The van der Waals surface area contributed by atoms with E-state index in [1.807, 2.05) is 6.08 Å². The van der Waals surface area contributed by atoms with Gasteiger partial charge in [0, 0.05) is 23.8 Å². The van der Waals surface area contributed by atoms with Crippen LogP contribution in [0.1, 0.15) is 52.4 Å². The summed E-state index contributed by atoms with van der Waals surface area (Å²) in [5, 5.41) is 0. The molecule has 1 heterocycles. The van der Waals surface area contributed by atoms with Crippen molar-refractivity contribution in [1.82, 2.24) is 0 Å². The average Bonchev–Trinajstić information content (AvgIpc) is 3.24. The first-order chi connectivity index (χ1) is 12.4. The van der Waals surface area contributed by atoms with Crippen molar-refractivity contribution in [2.24, 2.45) is 46.8 Å². The molecule has 0 saturated heterocycles. The van der Waals surface area contributed by atoms with Crippen molar-refractivity contribution in [2.45, 2.75) is 58.0 Å². The van der Waals surface area contributed by atoms with Crippen LogP contribution in [0.2, 0.25) is 0 Å². The predicted octanol–water partition coefficient (Wildman–Crippen LogP) is 4.08. The standard InChI is InChI=1S/C23H28O3/c1-12-9-13-10-14(24)3-4-15(13)16-5-7-22(2)21(20(12)16)17-11-18(17)23(22)8-6-19(25)26-23/h6,8,10,12,15-18,20-21H,3-5,7,9,11H2,1-2H3/t12?,15-,16?,17?,18?,20?,21?,22-,23-/m0/s1. The Morgan fingerprint density at radius 2 is 2.04 bits per heavy atom. The van der Waals surface area contributed by atoms with Crippen LogP contribution in [0.3, 0.4) is 0 Å². The van der Waals surface area contributed by atoms with Crippen LogP contribution >= 0.6 is 0 Å². The molecule has 6 unspecified atom stereocenters. The first kappa shape index (κ1) is 15.7. The van der Waals surface area contributed by atoms with Gasteiger partial charge < -0.3 is 4.74 Å². The number of hydrogen-bond acceptors (Lipinski definition) is 3. The van der Waals surface area contributed by atoms with E-state index in [1.165, 1.54) is 18.4 Å². The maximum absolute atomic E-state index is 12.0. The minimum Gasteiger partial charge on any atom is -0.451 e. The highest BCUT2D eigenvalue weighted by atomic mass is 16.6. The Balaban J connectivity index is 1.41. The quantitative estimate of drug-likeness (QED) is 0.617. The van der Waals surface area contributed by atoms with Crippen LogP contribution in [0.25, 0.3) is 0 Å². The molecule has 5 aliphatic carbocycles. The van der Waals surface area contributed by atoms with Gasteiger partial charge in [-0.1, -0.05) is 19.4 Å². The van der Waals surface area contributed by atoms with Gasteiger partial charge in [0.05, 0.1) is 0 Å². The fourth-order valence-electron chi connectivity index (χ4n) is 8.51. The average molecular weight is 352 g/mol. The Hall–Kier alpha value is -1.38. The van der Waals surface area contributed by atoms with Gasteiger partial charge in [0.25, 0.3) is 0 Å². The lowest BCUT2D eigenvalue weighted by Crippen LogP contribution is -2.56. The number of fused-ring (bicyclic) bond motifs is 9. The fraction of sp³-hybridized carbons (Fsp3) is 0.739. The summed E-state index contributed by atoms with van der Waals surface area (Å²) >= 11 is 0. The van der Waals surface area contributed by atoms with E-state index >= 15 is 0 Å². The highest BCUT2D eigenvalue weighted by molar-refractivity contribution is 5.91. The summed E-state index contributed by atoms with van der Waals surface area (Å²) in [6.07, 6.45) is 12.3. The molecule has 0 aromatic carbocycles. The summed E-state index contributed by atoms with van der Waals surface area (Å²) < 4.78 is 6.07. The third kappa shape index (κ3) is 1.67. The van der Waals surface area contributed by atoms with Crippen LogP contribution in [-0.2, 0) is 14.3 Å². The SMILES string of the molecule is CC1CC2=CC(=O)CC[C@@H]2C2CC[C@@]3(C)C(C4CC4[C@@]34C=CC(=O)O4)C12. The second-order valence-corrected chi connectivity index (χ2v) is 10.3. The van der Waals surface area contributed by atoms with Crippen molar-refractivity contribution >= 4 is 11.8 Å². The number of rotatable bonds is 0. The van der Waals surface area contributed by atoms with Crippen molar-refractivity contribution in [3.8, 4) is 0 Å². The zero-order chi connectivity index (χ0) is 17.8. The van der Waals surface area contributed by atoms with E-state index in [9.17, 15) is 9.59 Å². The van der Waals surface area contributed by atoms with Crippen molar-refractivity contribution in [3.63, 3.8) is 0 Å². The molecule has 138 valence electrons. The Bertz CT molecular complexity index is 778. The van der Waals surface area contributed by atoms with Crippen molar-refractivity contribution in [1.29, 1.82) is 0 Å². The Morgan fingerprint density at radius 1 is 1.19 bits per heavy atom. The number of ether oxygens (including phenoxy) is 1. The number of hydrogen-bond donors (Lipinski definition) is 0. The minimum absolute atomic E-state index is 0.102. The molecule has 26 heavy (non-hydrogen) atoms. The van der Waals surface area contributed by atoms with Gasteiger partial charge in [-0.05, 0) is 79.8 Å². The van der Waals surface area contributed by atoms with Gasteiger partial charge >= 0.3 is 5.97 Å². The van der Waals surface area contributed by atoms with E-state index in [0.29, 0.717) is 29.5 Å². The summed E-state index contributed by atoms with van der Waals surface area (Å²) in [6, 6.07) is 0. The highest BCUT2D eigenvalue weighted by Crippen LogP contribution is 2.78. The molecule has 0 aromatic heterocycles. The highest BCUT2D eigenvalue weighted by Gasteiger charge is 2.78. The molecule has 3 nitrogen and oxygen atoms in total. The van der Waals surface area contributed by atoms with E-state index in [4.69, 9.17) is 4.74 Å². The molecule has 6 aliphatic rings. The zero-order valence-corrected chi connectivity index (χ0v) is 15.7. The number of allylic oxidation sites excluding steroid dienone is 1. The van der Waals surface area contributed by atoms with Crippen molar-refractivity contribution < 1.29 is 14.3 Å². The molecule has 6 rings (SSSR count). The summed E-state index contributed by atoms with van der Waals surface area (Å²) in [7, 11) is 0. The summed E-state index contributed by atoms with van der Waals surface area (Å²) in [5.41, 5.74) is 1.23. The molecule has 1 aliphatic heterocycles. The molecular weight excluding hydrogens is 324 g/mol. The maximum Gasteiger partial charge on any atom is 0.331 e. The number of esters is 1. The third-order valence-corrected chi connectivity index (χ3v) is 9.38. The van der Waals surface area contributed by atoms with Crippen molar-refractivity contribution in [2.75, 3.05) is 0 Å². The molecule has 3 heteroatoms. The largest absolute Gasteiger partial charge is 0.451 e. The van der Waals surface area contributed by atoms with Crippen LogP contribution in [0.15, 0.2) is 23.8 Å². The smallest absolute Gasteiger partial charge is 0.331 e. The van der Waals surface area contributed by atoms with Gasteiger partial charge in [-0.15, -0.1) is 0 Å². The molecule has 4 fully saturated rings. The van der Waals surface area contributed by atoms with E-state index in [2.05, 4.69) is 19.9 Å². The minimum atomic E-state index is -0.317. The molecule has 0 bridgehead atoms. The van der Waals surface area contributed by atoms with Crippen LogP contribution in [0, 0.1) is 46.8 Å². The summed E-state index contributed by atoms with van der Waals surface area (Å²) in [4.78, 5) is 23.9. The normalized spacial score (nSPS) is 56.4. The fourth-order valence-corrected chi connectivity index (χ4v) is 8.51. The van der Waals surface area contributed by atoms with Crippen LogP contribution in [0.5, 0.6) is 0 Å². The van der Waals surface area contributed by atoms with Gasteiger partial charge in [-0.2, -0.15) is 0 Å². The third-order valence-electron chi connectivity index (χ3n) is 9.38. The molecule has 0 amide bonds. The van der Waals surface area contributed by atoms with Gasteiger partial charge in [0.2, 0.25) is 0 Å². The molecule has 9 atom stereocenters. The predicted molar refractivity (Wildman–Crippen MR) is 97.0 cm³/mol. The number of ketones is 1. The van der Waals surface area contributed by atoms with Gasteiger partial charge in [0.15, 0.2) is 5.78 Å². The van der Waals surface area contributed by atoms with Gasteiger partial charge in [-0.3, -0.25) is 4.79 Å². The van der Waals surface area contributed by atoms with Crippen LogP contribution < -0.4 is 0 Å². The Labute approximate surface area is 155 Å². The number of carbonyl (C=O) groups is 2. The van der Waals surface area contributed by atoms with Gasteiger partial charge in [-0.25, -0.2) is 4.79 Å². The molecular formula is C23H28O3. The Morgan fingerprint density at radius 3 is 2.81 bits per heavy atom. The number of carbonyl (C=O) groups excluding carboxylic acids is 2. The van der Waals surface area contributed by atoms with E-state index < -0.39 is 0 Å². The monoisotopic (exact) mass is 352 g/mol. The summed E-state index contributed by atoms with van der Waals surface area (Å²) in [6.45, 7) is 4.84. The lowest BCUT2D eigenvalue weighted by Gasteiger charge is -2.58. The first-order valence-electron chi connectivity index (χ1n) is 10.6. The topological polar surface area (TPSA) is 43.4 Å². The molecule has 0 aromatic rings. The zero-order valence-electron chi connectivity index (χ0n) is 15.7. The molecule has 4 saturated carbocycles. The van der Waals surface area contributed by atoms with Gasteiger partial charge in [0.1, 0.15) is 5.60 Å². The second-order valence-electron chi connectivity index (χ2n) is 10.3.